The Hall–Kier alpha value is -1.19. The largest absolute Gasteiger partial charge is 0.207 e. The monoisotopic (exact) mass is 348 g/mol. The lowest BCUT2D eigenvalue weighted by atomic mass is 9.93. The molecule has 20 heavy (non-hydrogen) atoms. The number of rotatable bonds is 4. The molecule has 0 fully saturated rings. The minimum atomic E-state index is -0.163. The van der Waals surface area contributed by atoms with E-state index in [1.807, 2.05) is 6.07 Å². The van der Waals surface area contributed by atoms with E-state index < -0.39 is 0 Å². The number of alkyl halides is 1. The summed E-state index contributed by atoms with van der Waals surface area (Å²) in [6.45, 7) is 0. The zero-order valence-electron chi connectivity index (χ0n) is 10.9. The third kappa shape index (κ3) is 2.79. The molecule has 0 aliphatic carbocycles. The molecule has 0 N–H and O–H groups in total. The van der Waals surface area contributed by atoms with Crippen molar-refractivity contribution in [2.45, 2.75) is 12.3 Å². The van der Waals surface area contributed by atoms with Crippen LogP contribution in [0.3, 0.4) is 0 Å². The Kier molecular flexibility index (Phi) is 4.18. The normalized spacial score (nSPS) is 12.7. The zero-order chi connectivity index (χ0) is 13.9. The van der Waals surface area contributed by atoms with Crippen molar-refractivity contribution in [3.05, 3.63) is 70.9 Å². The van der Waals surface area contributed by atoms with Gasteiger partial charge in [-0.1, -0.05) is 46.3 Å². The number of hydrogen-bond donors (Lipinski definition) is 0. The molecule has 1 heterocycles. The molecule has 0 nitrogen and oxygen atoms in total. The summed E-state index contributed by atoms with van der Waals surface area (Å²) in [5.74, 6) is 0.132. The van der Waals surface area contributed by atoms with Crippen LogP contribution < -0.4 is 0 Å². The van der Waals surface area contributed by atoms with Crippen LogP contribution in [0.2, 0.25) is 0 Å². The van der Waals surface area contributed by atoms with E-state index in [4.69, 9.17) is 0 Å². The van der Waals surface area contributed by atoms with E-state index in [1.165, 1.54) is 21.7 Å². The topological polar surface area (TPSA) is 0 Å². The Labute approximate surface area is 130 Å². The molecule has 0 bridgehead atoms. The smallest absolute Gasteiger partial charge is 0.123 e. The highest BCUT2D eigenvalue weighted by atomic mass is 79.9. The predicted molar refractivity (Wildman–Crippen MR) is 88.5 cm³/mol. The molecule has 0 radical (unpaired) electrons. The van der Waals surface area contributed by atoms with E-state index in [1.54, 1.807) is 23.5 Å². The van der Waals surface area contributed by atoms with E-state index >= 15 is 0 Å². The van der Waals surface area contributed by atoms with Crippen molar-refractivity contribution in [2.75, 3.05) is 5.33 Å². The number of thiophene rings is 1. The van der Waals surface area contributed by atoms with Crippen molar-refractivity contribution in [1.82, 2.24) is 0 Å². The maximum Gasteiger partial charge on any atom is 0.123 e. The maximum absolute atomic E-state index is 13.4. The molecule has 1 atom stereocenters. The first-order chi connectivity index (χ1) is 9.78. The van der Waals surface area contributed by atoms with Gasteiger partial charge in [0.15, 0.2) is 0 Å². The van der Waals surface area contributed by atoms with Gasteiger partial charge in [-0.15, -0.1) is 11.3 Å². The van der Waals surface area contributed by atoms with Gasteiger partial charge in [-0.25, -0.2) is 4.39 Å². The Morgan fingerprint density at radius 1 is 1.10 bits per heavy atom. The molecule has 3 aromatic rings. The first kappa shape index (κ1) is 13.8. The number of fused-ring (bicyclic) bond motifs is 1. The fraction of sp³-hybridized carbons (Fsp3) is 0.176. The second-order valence-corrected chi connectivity index (χ2v) is 6.43. The van der Waals surface area contributed by atoms with Crippen LogP contribution in [0.1, 0.15) is 17.0 Å². The van der Waals surface area contributed by atoms with Crippen LogP contribution in [0, 0.1) is 5.82 Å². The van der Waals surface area contributed by atoms with Crippen LogP contribution in [0.25, 0.3) is 10.1 Å². The highest BCUT2D eigenvalue weighted by molar-refractivity contribution is 9.09. The molecule has 0 spiro atoms. The predicted octanol–water partition coefficient (Wildman–Crippen LogP) is 5.76. The lowest BCUT2D eigenvalue weighted by Gasteiger charge is -2.14. The average molecular weight is 349 g/mol. The van der Waals surface area contributed by atoms with Gasteiger partial charge in [0.1, 0.15) is 5.82 Å². The fourth-order valence-electron chi connectivity index (χ4n) is 2.48. The van der Waals surface area contributed by atoms with E-state index in [0.717, 1.165) is 17.3 Å². The van der Waals surface area contributed by atoms with Crippen molar-refractivity contribution < 1.29 is 4.39 Å². The summed E-state index contributed by atoms with van der Waals surface area (Å²) in [6.07, 6.45) is 0.929. The SMILES string of the molecule is Fc1cccc(C(CBr)Cc2csc3ccccc23)c1. The Bertz CT molecular complexity index is 720. The number of hydrogen-bond acceptors (Lipinski definition) is 1. The molecule has 2 aromatic carbocycles. The van der Waals surface area contributed by atoms with Gasteiger partial charge in [0.2, 0.25) is 0 Å². The molecule has 1 aromatic heterocycles. The first-order valence-electron chi connectivity index (χ1n) is 6.54. The van der Waals surface area contributed by atoms with Crippen LogP contribution in [-0.2, 0) is 6.42 Å². The van der Waals surface area contributed by atoms with Gasteiger partial charge in [0.25, 0.3) is 0 Å². The summed E-state index contributed by atoms with van der Waals surface area (Å²) in [5, 5.41) is 4.38. The minimum absolute atomic E-state index is 0.163. The molecule has 3 rings (SSSR count). The Balaban J connectivity index is 1.92. The van der Waals surface area contributed by atoms with E-state index in [2.05, 4.69) is 45.6 Å². The highest BCUT2D eigenvalue weighted by Crippen LogP contribution is 2.31. The molecule has 1 unspecified atom stereocenters. The first-order valence-corrected chi connectivity index (χ1v) is 8.54. The van der Waals surface area contributed by atoms with Crippen molar-refractivity contribution in [1.29, 1.82) is 0 Å². The minimum Gasteiger partial charge on any atom is -0.207 e. The van der Waals surface area contributed by atoms with Gasteiger partial charge in [-0.05, 0) is 52.4 Å². The molecule has 102 valence electrons. The number of halogens is 2. The average Bonchev–Trinajstić information content (AvgIpc) is 2.88. The van der Waals surface area contributed by atoms with Gasteiger partial charge in [0, 0.05) is 10.0 Å². The Morgan fingerprint density at radius 3 is 2.75 bits per heavy atom. The van der Waals surface area contributed by atoms with E-state index in [-0.39, 0.29) is 5.82 Å². The van der Waals surface area contributed by atoms with Gasteiger partial charge < -0.3 is 0 Å². The van der Waals surface area contributed by atoms with Gasteiger partial charge in [0.05, 0.1) is 0 Å². The third-order valence-electron chi connectivity index (χ3n) is 3.53. The van der Waals surface area contributed by atoms with Crippen molar-refractivity contribution in [2.24, 2.45) is 0 Å². The van der Waals surface area contributed by atoms with E-state index in [0.29, 0.717) is 5.92 Å². The van der Waals surface area contributed by atoms with Crippen LogP contribution in [0.15, 0.2) is 53.9 Å². The zero-order valence-corrected chi connectivity index (χ0v) is 13.3. The summed E-state index contributed by atoms with van der Waals surface area (Å²) in [7, 11) is 0. The highest BCUT2D eigenvalue weighted by Gasteiger charge is 2.14. The van der Waals surface area contributed by atoms with Gasteiger partial charge in [-0.2, -0.15) is 0 Å². The van der Waals surface area contributed by atoms with Crippen LogP contribution in [0.4, 0.5) is 4.39 Å². The maximum atomic E-state index is 13.4. The summed E-state index contributed by atoms with van der Waals surface area (Å²) >= 11 is 5.34. The molecule has 0 aliphatic heterocycles. The van der Waals surface area contributed by atoms with Crippen molar-refractivity contribution >= 4 is 37.4 Å². The second kappa shape index (κ2) is 6.06. The lowest BCUT2D eigenvalue weighted by molar-refractivity contribution is 0.621. The second-order valence-electron chi connectivity index (χ2n) is 4.87. The molecule has 0 aliphatic rings. The lowest BCUT2D eigenvalue weighted by Crippen LogP contribution is -2.04. The number of benzene rings is 2. The molecule has 0 saturated heterocycles. The van der Waals surface area contributed by atoms with Crippen molar-refractivity contribution in [3.63, 3.8) is 0 Å². The molecular formula is C17H14BrFS. The fourth-order valence-corrected chi connectivity index (χ4v) is 4.06. The summed E-state index contributed by atoms with van der Waals surface area (Å²) in [4.78, 5) is 0. The Morgan fingerprint density at radius 2 is 1.95 bits per heavy atom. The summed E-state index contributed by atoms with van der Waals surface area (Å²) in [5.41, 5.74) is 2.40. The molecule has 3 heteroatoms. The standard InChI is InChI=1S/C17H14BrFS/c18-10-13(12-4-3-5-15(19)9-12)8-14-11-20-17-7-2-1-6-16(14)17/h1-7,9,11,13H,8,10H2. The third-order valence-corrected chi connectivity index (χ3v) is 5.33. The molecule has 0 saturated carbocycles. The summed E-state index contributed by atoms with van der Waals surface area (Å²) in [6, 6.07) is 15.4. The van der Waals surface area contributed by atoms with Crippen molar-refractivity contribution in [3.8, 4) is 0 Å². The quantitative estimate of drug-likeness (QED) is 0.525. The molecular weight excluding hydrogens is 335 g/mol. The summed E-state index contributed by atoms with van der Waals surface area (Å²) < 4.78 is 14.7. The van der Waals surface area contributed by atoms with Gasteiger partial charge in [-0.3, -0.25) is 0 Å². The van der Waals surface area contributed by atoms with Crippen LogP contribution in [0.5, 0.6) is 0 Å². The van der Waals surface area contributed by atoms with E-state index in [9.17, 15) is 4.39 Å². The van der Waals surface area contributed by atoms with Crippen LogP contribution in [-0.4, -0.2) is 5.33 Å². The van der Waals surface area contributed by atoms with Gasteiger partial charge >= 0.3 is 0 Å². The molecule has 0 amide bonds. The van der Waals surface area contributed by atoms with Crippen LogP contribution >= 0.6 is 27.3 Å².